The van der Waals surface area contributed by atoms with Crippen LogP contribution >= 0.6 is 11.3 Å². The number of para-hydroxylation sites is 1. The molecule has 0 radical (unpaired) electrons. The van der Waals surface area contributed by atoms with E-state index in [4.69, 9.17) is 0 Å². The van der Waals surface area contributed by atoms with Crippen LogP contribution in [0.4, 0.5) is 5.69 Å². The van der Waals surface area contributed by atoms with Gasteiger partial charge in [-0.05, 0) is 72.1 Å². The molecule has 7 nitrogen and oxygen atoms in total. The van der Waals surface area contributed by atoms with Crippen molar-refractivity contribution in [3.8, 4) is 16.3 Å². The smallest absolute Gasteiger partial charge is 0.255 e. The predicted octanol–water partition coefficient (Wildman–Crippen LogP) is 5.67. The van der Waals surface area contributed by atoms with Crippen LogP contribution in [0.25, 0.3) is 20.8 Å². The Hall–Kier alpha value is -4.05. The number of rotatable bonds is 5. The van der Waals surface area contributed by atoms with Crippen molar-refractivity contribution in [1.82, 2.24) is 9.29 Å². The molecule has 9 heteroatoms. The van der Waals surface area contributed by atoms with Gasteiger partial charge < -0.3 is 10.4 Å². The molecule has 0 atom stereocenters. The van der Waals surface area contributed by atoms with Crippen LogP contribution in [0.3, 0.4) is 0 Å². The number of anilines is 1. The van der Waals surface area contributed by atoms with E-state index in [-0.39, 0.29) is 16.6 Å². The van der Waals surface area contributed by atoms with Crippen LogP contribution in [0, 0.1) is 0 Å². The predicted molar refractivity (Wildman–Crippen MR) is 149 cm³/mol. The van der Waals surface area contributed by atoms with Crippen molar-refractivity contribution in [3.63, 3.8) is 0 Å². The third-order valence-electron chi connectivity index (χ3n) is 6.63. The lowest BCUT2D eigenvalue weighted by Crippen LogP contribution is -2.35. The van der Waals surface area contributed by atoms with E-state index in [1.807, 2.05) is 48.5 Å². The molecule has 5 aromatic rings. The van der Waals surface area contributed by atoms with Gasteiger partial charge in [0.15, 0.2) is 0 Å². The number of benzene rings is 4. The van der Waals surface area contributed by atoms with E-state index >= 15 is 0 Å². The quantitative estimate of drug-likeness (QED) is 0.280. The Morgan fingerprint density at radius 1 is 0.921 bits per heavy atom. The average Bonchev–Trinajstić information content (AvgIpc) is 3.38. The summed E-state index contributed by atoms with van der Waals surface area (Å²) in [5.41, 5.74) is 4.36. The Balaban J connectivity index is 1.19. The molecular weight excluding hydrogens is 518 g/mol. The molecule has 4 aromatic carbocycles. The number of hydrogen-bond acceptors (Lipinski definition) is 6. The molecule has 0 spiro atoms. The van der Waals surface area contributed by atoms with Crippen molar-refractivity contribution >= 4 is 43.2 Å². The van der Waals surface area contributed by atoms with Crippen LogP contribution in [0.5, 0.6) is 5.75 Å². The second-order valence-electron chi connectivity index (χ2n) is 9.05. The SMILES string of the molecule is O=C(Nc1ccc(O)c(-c2nc3ccccc3s2)c1)c1ccc(S(=O)(=O)N2CCc3ccccc3C2)cc1. The summed E-state index contributed by atoms with van der Waals surface area (Å²) in [7, 11) is -3.69. The summed E-state index contributed by atoms with van der Waals surface area (Å²) in [6, 6.07) is 26.3. The molecule has 0 bridgehead atoms. The summed E-state index contributed by atoms with van der Waals surface area (Å²) >= 11 is 1.46. The Morgan fingerprint density at radius 2 is 1.66 bits per heavy atom. The zero-order chi connectivity index (χ0) is 26.3. The first-order valence-corrected chi connectivity index (χ1v) is 14.3. The maximum absolute atomic E-state index is 13.2. The van der Waals surface area contributed by atoms with Gasteiger partial charge in [0, 0.05) is 24.3 Å². The number of fused-ring (bicyclic) bond motifs is 2. The van der Waals surface area contributed by atoms with E-state index in [1.54, 1.807) is 12.1 Å². The molecule has 0 aliphatic carbocycles. The molecule has 190 valence electrons. The number of hydrogen-bond donors (Lipinski definition) is 2. The first-order valence-electron chi connectivity index (χ1n) is 12.1. The molecule has 1 aliphatic heterocycles. The molecule has 0 unspecified atom stereocenters. The number of sulfonamides is 1. The van der Waals surface area contributed by atoms with Gasteiger partial charge in [0.2, 0.25) is 10.0 Å². The summed E-state index contributed by atoms with van der Waals surface area (Å²) in [5.74, 6) is -0.321. The van der Waals surface area contributed by atoms with Gasteiger partial charge in [-0.2, -0.15) is 4.31 Å². The second kappa shape index (κ2) is 9.68. The van der Waals surface area contributed by atoms with Gasteiger partial charge in [0.25, 0.3) is 5.91 Å². The zero-order valence-electron chi connectivity index (χ0n) is 20.2. The Morgan fingerprint density at radius 3 is 2.45 bits per heavy atom. The number of phenols is 1. The van der Waals surface area contributed by atoms with Gasteiger partial charge in [0.1, 0.15) is 10.8 Å². The first-order chi connectivity index (χ1) is 18.4. The van der Waals surface area contributed by atoms with Gasteiger partial charge in [-0.1, -0.05) is 36.4 Å². The van der Waals surface area contributed by atoms with Crippen molar-refractivity contribution in [1.29, 1.82) is 0 Å². The monoisotopic (exact) mass is 541 g/mol. The first kappa shape index (κ1) is 24.3. The number of carbonyl (C=O) groups excluding carboxylic acids is 1. The van der Waals surface area contributed by atoms with Crippen molar-refractivity contribution in [3.05, 3.63) is 108 Å². The number of aromatic nitrogens is 1. The number of nitrogens with zero attached hydrogens (tertiary/aromatic N) is 2. The van der Waals surface area contributed by atoms with Gasteiger partial charge in [0.05, 0.1) is 20.7 Å². The molecule has 1 aliphatic rings. The van der Waals surface area contributed by atoms with E-state index in [0.29, 0.717) is 41.3 Å². The number of amides is 1. The molecule has 1 aromatic heterocycles. The fourth-order valence-corrected chi connectivity index (χ4v) is 6.99. The van der Waals surface area contributed by atoms with Gasteiger partial charge in [-0.25, -0.2) is 13.4 Å². The second-order valence-corrected chi connectivity index (χ2v) is 12.0. The minimum Gasteiger partial charge on any atom is -0.507 e. The Kier molecular flexibility index (Phi) is 6.19. The van der Waals surface area contributed by atoms with Crippen LogP contribution in [0.15, 0.2) is 95.9 Å². The zero-order valence-corrected chi connectivity index (χ0v) is 21.8. The molecule has 2 N–H and O–H groups in total. The summed E-state index contributed by atoms with van der Waals surface area (Å²) in [5, 5.41) is 13.9. The van der Waals surface area contributed by atoms with E-state index in [2.05, 4.69) is 10.3 Å². The number of phenolic OH excluding ortho intramolecular Hbond substituents is 1. The Labute approximate surface area is 224 Å². The van der Waals surface area contributed by atoms with Crippen molar-refractivity contribution in [2.75, 3.05) is 11.9 Å². The highest BCUT2D eigenvalue weighted by atomic mass is 32.2. The fourth-order valence-electron chi connectivity index (χ4n) is 4.58. The van der Waals surface area contributed by atoms with Gasteiger partial charge >= 0.3 is 0 Å². The third-order valence-corrected chi connectivity index (χ3v) is 9.56. The summed E-state index contributed by atoms with van der Waals surface area (Å²) in [4.78, 5) is 17.7. The topological polar surface area (TPSA) is 99.6 Å². The highest BCUT2D eigenvalue weighted by Crippen LogP contribution is 2.37. The fraction of sp³-hybridized carbons (Fsp3) is 0.103. The van der Waals surface area contributed by atoms with Gasteiger partial charge in [-0.3, -0.25) is 4.79 Å². The van der Waals surface area contributed by atoms with Crippen LogP contribution in [0.1, 0.15) is 21.5 Å². The molecule has 0 fully saturated rings. The van der Waals surface area contributed by atoms with E-state index in [0.717, 1.165) is 15.8 Å². The molecular formula is C29H23N3O4S2. The van der Waals surface area contributed by atoms with Crippen molar-refractivity contribution in [2.24, 2.45) is 0 Å². The maximum Gasteiger partial charge on any atom is 0.255 e. The Bertz CT molecular complexity index is 1750. The maximum atomic E-state index is 13.2. The number of nitrogens with one attached hydrogen (secondary N) is 1. The van der Waals surface area contributed by atoms with Crippen LogP contribution in [-0.4, -0.2) is 35.3 Å². The van der Waals surface area contributed by atoms with Crippen LogP contribution in [-0.2, 0) is 23.0 Å². The highest BCUT2D eigenvalue weighted by molar-refractivity contribution is 7.89. The lowest BCUT2D eigenvalue weighted by molar-refractivity contribution is 0.102. The minimum atomic E-state index is -3.69. The molecule has 0 saturated carbocycles. The molecule has 6 rings (SSSR count). The minimum absolute atomic E-state index is 0.0666. The van der Waals surface area contributed by atoms with Gasteiger partial charge in [-0.15, -0.1) is 11.3 Å². The van der Waals surface area contributed by atoms with E-state index in [9.17, 15) is 18.3 Å². The number of carbonyl (C=O) groups is 1. The lowest BCUT2D eigenvalue weighted by Gasteiger charge is -2.28. The largest absolute Gasteiger partial charge is 0.507 e. The van der Waals surface area contributed by atoms with E-state index in [1.165, 1.54) is 51.5 Å². The number of aromatic hydroxyl groups is 1. The summed E-state index contributed by atoms with van der Waals surface area (Å²) in [6.07, 6.45) is 0.668. The molecule has 38 heavy (non-hydrogen) atoms. The van der Waals surface area contributed by atoms with Crippen LogP contribution < -0.4 is 5.32 Å². The normalized spacial score (nSPS) is 13.8. The summed E-state index contributed by atoms with van der Waals surface area (Å²) in [6.45, 7) is 0.748. The number of thiazole rings is 1. The van der Waals surface area contributed by atoms with E-state index < -0.39 is 10.0 Å². The molecule has 1 amide bonds. The van der Waals surface area contributed by atoms with Crippen molar-refractivity contribution < 1.29 is 18.3 Å². The highest BCUT2D eigenvalue weighted by Gasteiger charge is 2.28. The van der Waals surface area contributed by atoms with Crippen LogP contribution in [0.2, 0.25) is 0 Å². The molecule has 0 saturated heterocycles. The average molecular weight is 542 g/mol. The third kappa shape index (κ3) is 4.56. The lowest BCUT2D eigenvalue weighted by atomic mass is 10.0. The summed E-state index contributed by atoms with van der Waals surface area (Å²) < 4.78 is 28.9. The van der Waals surface area contributed by atoms with Crippen molar-refractivity contribution in [2.45, 2.75) is 17.9 Å². The molecule has 2 heterocycles. The standard InChI is InChI=1S/C29H23N3O4S2/c33-26-14-11-22(17-24(26)29-31-25-7-3-4-8-27(25)37-29)30-28(34)20-9-12-23(13-10-20)38(35,36)32-16-15-19-5-1-2-6-21(19)18-32/h1-14,17,33H,15-16,18H2,(H,30,34).